The van der Waals surface area contributed by atoms with Crippen LogP contribution in [0, 0.1) is 5.82 Å². The highest BCUT2D eigenvalue weighted by Gasteiger charge is 2.18. The molecule has 2 heterocycles. The molecule has 0 aliphatic heterocycles. The maximum atomic E-state index is 13.8. The van der Waals surface area contributed by atoms with Crippen molar-refractivity contribution in [3.05, 3.63) is 94.5 Å². The monoisotopic (exact) mass is 476 g/mol. The van der Waals surface area contributed by atoms with Crippen LogP contribution in [0.5, 0.6) is 11.5 Å². The smallest absolute Gasteiger partial charge is 0.263 e. The molecule has 0 atom stereocenters. The molecular weight excluding hydrogens is 455 g/mol. The Bertz CT molecular complexity index is 1530. The average molecular weight is 477 g/mol. The van der Waals surface area contributed by atoms with Gasteiger partial charge in [-0.05, 0) is 30.3 Å². The van der Waals surface area contributed by atoms with Crippen LogP contribution in [0.15, 0.2) is 82.7 Å². The molecule has 0 saturated heterocycles. The lowest BCUT2D eigenvalue weighted by molar-refractivity contribution is 0.325. The van der Waals surface area contributed by atoms with E-state index in [1.807, 2.05) is 46.9 Å². The fraction of sp³-hybridized carbons (Fsp3) is 0.160. The van der Waals surface area contributed by atoms with Gasteiger partial charge in [0.05, 0.1) is 31.2 Å². The molecule has 9 heteroatoms. The zero-order valence-electron chi connectivity index (χ0n) is 18.3. The Morgan fingerprint density at radius 1 is 0.941 bits per heavy atom. The van der Waals surface area contributed by atoms with E-state index in [4.69, 9.17) is 9.47 Å². The molecule has 0 unspecified atom stereocenters. The quantitative estimate of drug-likeness (QED) is 0.244. The number of hydrogen-bond acceptors (Lipinski definition) is 6. The largest absolute Gasteiger partial charge is 0.496 e. The number of methoxy groups -OCH3 is 1. The second-order valence-corrected chi connectivity index (χ2v) is 8.53. The van der Waals surface area contributed by atoms with Crippen LogP contribution in [0.3, 0.4) is 0 Å². The topological polar surface area (TPSA) is 70.7 Å². The Morgan fingerprint density at radius 3 is 2.50 bits per heavy atom. The van der Waals surface area contributed by atoms with Crippen LogP contribution >= 0.6 is 11.8 Å². The predicted octanol–water partition coefficient (Wildman–Crippen LogP) is 4.41. The van der Waals surface area contributed by atoms with Crippen molar-refractivity contribution in [3.63, 3.8) is 0 Å². The third kappa shape index (κ3) is 4.10. The number of hydrogen-bond donors (Lipinski definition) is 0. The first-order valence-electron chi connectivity index (χ1n) is 10.7. The summed E-state index contributed by atoms with van der Waals surface area (Å²) in [5.41, 5.74) is 1.43. The lowest BCUT2D eigenvalue weighted by atomic mass is 10.2. The van der Waals surface area contributed by atoms with Gasteiger partial charge in [-0.2, -0.15) is 0 Å². The van der Waals surface area contributed by atoms with Gasteiger partial charge in [-0.25, -0.2) is 4.39 Å². The Hall–Kier alpha value is -3.85. The summed E-state index contributed by atoms with van der Waals surface area (Å²) in [6.45, 7) is 0.579. The van der Waals surface area contributed by atoms with E-state index in [9.17, 15) is 9.18 Å². The first-order chi connectivity index (χ1) is 16.7. The summed E-state index contributed by atoms with van der Waals surface area (Å²) in [5.74, 6) is 1.47. The summed E-state index contributed by atoms with van der Waals surface area (Å²) in [4.78, 5) is 13.4. The van der Waals surface area contributed by atoms with Crippen LogP contribution in [0.25, 0.3) is 16.7 Å². The van der Waals surface area contributed by atoms with Crippen molar-refractivity contribution in [1.82, 2.24) is 19.2 Å². The van der Waals surface area contributed by atoms with Gasteiger partial charge in [0.1, 0.15) is 5.75 Å². The molecule has 3 aromatic carbocycles. The molecule has 0 bridgehead atoms. The molecule has 2 aromatic heterocycles. The van der Waals surface area contributed by atoms with E-state index in [0.717, 1.165) is 11.1 Å². The van der Waals surface area contributed by atoms with E-state index in [1.165, 1.54) is 17.8 Å². The van der Waals surface area contributed by atoms with Gasteiger partial charge in [0, 0.05) is 11.3 Å². The Labute approximate surface area is 198 Å². The molecular formula is C25H21FN4O3S. The molecule has 0 fully saturated rings. The minimum Gasteiger partial charge on any atom is -0.496 e. The van der Waals surface area contributed by atoms with Crippen LogP contribution in [0.1, 0.15) is 5.56 Å². The number of rotatable bonds is 8. The number of fused-ring (bicyclic) bond motifs is 3. The summed E-state index contributed by atoms with van der Waals surface area (Å²) in [6, 6.07) is 21.3. The van der Waals surface area contributed by atoms with Crippen LogP contribution in [0.4, 0.5) is 4.39 Å². The van der Waals surface area contributed by atoms with Crippen LogP contribution in [-0.4, -0.2) is 38.6 Å². The molecule has 5 rings (SSSR count). The lowest BCUT2D eigenvalue weighted by Crippen LogP contribution is -2.24. The zero-order chi connectivity index (χ0) is 23.5. The van der Waals surface area contributed by atoms with E-state index in [2.05, 4.69) is 10.2 Å². The predicted molar refractivity (Wildman–Crippen MR) is 129 cm³/mol. The molecule has 0 amide bonds. The number of halogens is 1. The fourth-order valence-corrected chi connectivity index (χ4v) is 4.58. The third-order valence-corrected chi connectivity index (χ3v) is 6.30. The van der Waals surface area contributed by atoms with Crippen molar-refractivity contribution in [2.45, 2.75) is 11.7 Å². The Kier molecular flexibility index (Phi) is 6.18. The molecule has 0 aliphatic rings. The van der Waals surface area contributed by atoms with Crippen LogP contribution < -0.4 is 15.0 Å². The lowest BCUT2D eigenvalue weighted by Gasteiger charge is -2.13. The van der Waals surface area contributed by atoms with Gasteiger partial charge in [0.2, 0.25) is 5.78 Å². The molecule has 0 saturated carbocycles. The molecule has 0 radical (unpaired) electrons. The molecule has 0 N–H and O–H groups in total. The molecule has 34 heavy (non-hydrogen) atoms. The standard InChI is InChI=1S/C25H21FN4O3S/c1-32-21-12-6-2-8-17(21)16-29-23(31)18-9-3-5-11-20(18)30-24(29)27-28-25(30)34-15-14-33-22-13-7-4-10-19(22)26/h2-13H,14-16H2,1H3. The van der Waals surface area contributed by atoms with Gasteiger partial charge in [0.25, 0.3) is 5.56 Å². The highest BCUT2D eigenvalue weighted by atomic mass is 32.2. The molecule has 0 aliphatic carbocycles. The van der Waals surface area contributed by atoms with Crippen LogP contribution in [-0.2, 0) is 6.54 Å². The van der Waals surface area contributed by atoms with Gasteiger partial charge in [0.15, 0.2) is 16.7 Å². The summed E-state index contributed by atoms with van der Waals surface area (Å²) >= 11 is 1.43. The summed E-state index contributed by atoms with van der Waals surface area (Å²) in [6.07, 6.45) is 0. The zero-order valence-corrected chi connectivity index (χ0v) is 19.2. The molecule has 5 aromatic rings. The first kappa shape index (κ1) is 22.0. The van der Waals surface area contributed by atoms with Crippen molar-refractivity contribution in [1.29, 1.82) is 0 Å². The number of thioether (sulfide) groups is 1. The molecule has 7 nitrogen and oxygen atoms in total. The minimum absolute atomic E-state index is 0.152. The maximum absolute atomic E-state index is 13.8. The second kappa shape index (κ2) is 9.56. The van der Waals surface area contributed by atoms with E-state index in [-0.39, 0.29) is 17.9 Å². The van der Waals surface area contributed by atoms with Gasteiger partial charge < -0.3 is 9.47 Å². The van der Waals surface area contributed by atoms with E-state index >= 15 is 0 Å². The highest BCUT2D eigenvalue weighted by molar-refractivity contribution is 7.99. The van der Waals surface area contributed by atoms with Crippen molar-refractivity contribution < 1.29 is 13.9 Å². The number of aromatic nitrogens is 4. The summed E-state index contributed by atoms with van der Waals surface area (Å²) in [5, 5.41) is 9.88. The summed E-state index contributed by atoms with van der Waals surface area (Å²) < 4.78 is 28.3. The van der Waals surface area contributed by atoms with Crippen molar-refractivity contribution in [2.24, 2.45) is 0 Å². The first-order valence-corrected chi connectivity index (χ1v) is 11.6. The third-order valence-electron chi connectivity index (χ3n) is 5.41. The second-order valence-electron chi connectivity index (χ2n) is 7.47. The minimum atomic E-state index is -0.397. The van der Waals surface area contributed by atoms with E-state index in [1.54, 1.807) is 35.9 Å². The van der Waals surface area contributed by atoms with E-state index < -0.39 is 5.82 Å². The van der Waals surface area contributed by atoms with Crippen molar-refractivity contribution in [3.8, 4) is 11.5 Å². The Morgan fingerprint density at radius 2 is 1.68 bits per heavy atom. The number of benzene rings is 3. The SMILES string of the molecule is COc1ccccc1Cn1c(=O)c2ccccc2n2c(SCCOc3ccccc3F)nnc12. The van der Waals surface area contributed by atoms with Gasteiger partial charge in [-0.15, -0.1) is 10.2 Å². The van der Waals surface area contributed by atoms with E-state index in [0.29, 0.717) is 34.4 Å². The number of nitrogens with zero attached hydrogens (tertiary/aromatic N) is 4. The molecule has 0 spiro atoms. The number of ether oxygens (including phenoxy) is 2. The molecule has 172 valence electrons. The normalized spacial score (nSPS) is 11.2. The van der Waals surface area contributed by atoms with Gasteiger partial charge in [-0.3, -0.25) is 13.8 Å². The highest BCUT2D eigenvalue weighted by Crippen LogP contribution is 2.24. The summed E-state index contributed by atoms with van der Waals surface area (Å²) in [7, 11) is 1.60. The van der Waals surface area contributed by atoms with Crippen molar-refractivity contribution in [2.75, 3.05) is 19.5 Å². The maximum Gasteiger partial charge on any atom is 0.263 e. The van der Waals surface area contributed by atoms with Gasteiger partial charge in [-0.1, -0.05) is 54.2 Å². The fourth-order valence-electron chi connectivity index (χ4n) is 3.82. The number of para-hydroxylation sites is 3. The Balaban J connectivity index is 1.50. The van der Waals surface area contributed by atoms with Crippen molar-refractivity contribution >= 4 is 28.4 Å². The van der Waals surface area contributed by atoms with Crippen LogP contribution in [0.2, 0.25) is 0 Å². The average Bonchev–Trinajstić information content (AvgIpc) is 3.29. The van der Waals surface area contributed by atoms with Gasteiger partial charge >= 0.3 is 0 Å².